The summed E-state index contributed by atoms with van der Waals surface area (Å²) in [7, 11) is 0. The lowest BCUT2D eigenvalue weighted by Gasteiger charge is -2.19. The SMILES string of the molecule is c1ccc2c(-c3c4ccccc4c(-c4ccc(-c5ccc(-c6ccc(-c7ccc8cc(-c9c%10ccccc%10c(-c%10cccc%11oc%12c%13ccccc%13ccc%12c%10%11)c%10ccccc9%10)ccc8c7)cc6)c6oc7c8ccccc8ccc7c56)cc4)c4ccccc34)cccc2c1. The fourth-order valence-electron chi connectivity index (χ4n) is 16.0. The van der Waals surface area contributed by atoms with Crippen molar-refractivity contribution < 1.29 is 8.83 Å². The summed E-state index contributed by atoms with van der Waals surface area (Å²) in [6.07, 6.45) is 0. The molecule has 94 heavy (non-hydrogen) atoms. The van der Waals surface area contributed by atoms with Crippen molar-refractivity contribution in [3.05, 3.63) is 328 Å². The van der Waals surface area contributed by atoms with Crippen LogP contribution < -0.4 is 0 Å². The van der Waals surface area contributed by atoms with Crippen molar-refractivity contribution in [1.82, 2.24) is 0 Å². The molecule has 2 aromatic heterocycles. The molecule has 0 amide bonds. The average Bonchev–Trinajstić information content (AvgIpc) is 1.71. The standard InChI is InChI=1S/C92H54O2/c1-4-21-66-56(17-1)20-15-32-71(66)86-76-28-11-7-24-72(76)84(73-25-8-12-29-77(73)86)61-41-39-59(40-42-61)67-51-52-70(92-89(67)82-50-48-58-19-3-6-23-69(58)91(82)94-92)60-37-35-55(36-38-60)62-43-44-64-54-65(46-45-63(64)53-62)85-74-26-9-13-30-78(74)87(79-31-14-10-27-75(79)85)80-33-16-34-83-88(80)81-49-47-57-18-2-5-22-68(57)90(81)93-83/h1-54H. The fraction of sp³-hybridized carbons (Fsp3) is 0. The van der Waals surface area contributed by atoms with Crippen LogP contribution in [0.3, 0.4) is 0 Å². The molecule has 0 atom stereocenters. The van der Waals surface area contributed by atoms with Gasteiger partial charge in [0, 0.05) is 37.9 Å². The van der Waals surface area contributed by atoms with Crippen LogP contribution in [-0.2, 0) is 0 Å². The topological polar surface area (TPSA) is 26.3 Å². The maximum Gasteiger partial charge on any atom is 0.143 e. The zero-order valence-corrected chi connectivity index (χ0v) is 51.0. The Kier molecular flexibility index (Phi) is 11.5. The molecule has 0 bridgehead atoms. The van der Waals surface area contributed by atoms with Crippen LogP contribution >= 0.6 is 0 Å². The third-order valence-corrected chi connectivity index (χ3v) is 20.2. The van der Waals surface area contributed by atoms with Crippen molar-refractivity contribution in [3.8, 4) is 77.9 Å². The van der Waals surface area contributed by atoms with Crippen LogP contribution in [0.1, 0.15) is 0 Å². The van der Waals surface area contributed by atoms with Crippen LogP contribution in [0.4, 0.5) is 0 Å². The van der Waals surface area contributed by atoms with Gasteiger partial charge >= 0.3 is 0 Å². The van der Waals surface area contributed by atoms with Crippen LogP contribution in [0.15, 0.2) is 336 Å². The molecule has 0 unspecified atom stereocenters. The van der Waals surface area contributed by atoms with E-state index in [0.717, 1.165) is 87.9 Å². The Labute approximate surface area is 541 Å². The molecule has 0 fully saturated rings. The third-order valence-electron chi connectivity index (χ3n) is 20.2. The Hall–Kier alpha value is -12.4. The molecule has 2 heteroatoms. The number of hydrogen-bond acceptors (Lipinski definition) is 2. The smallest absolute Gasteiger partial charge is 0.143 e. The Balaban J connectivity index is 0.661. The molecule has 2 nitrogen and oxygen atoms in total. The Morgan fingerprint density at radius 2 is 0.532 bits per heavy atom. The van der Waals surface area contributed by atoms with E-state index >= 15 is 0 Å². The Morgan fingerprint density at radius 3 is 1.12 bits per heavy atom. The summed E-state index contributed by atoms with van der Waals surface area (Å²) >= 11 is 0. The predicted molar refractivity (Wildman–Crippen MR) is 399 cm³/mol. The molecule has 0 aliphatic carbocycles. The van der Waals surface area contributed by atoms with Gasteiger partial charge < -0.3 is 8.83 Å². The maximum absolute atomic E-state index is 7.19. The van der Waals surface area contributed by atoms with Gasteiger partial charge in [-0.15, -0.1) is 0 Å². The van der Waals surface area contributed by atoms with Crippen LogP contribution in [0.2, 0.25) is 0 Å². The van der Waals surface area contributed by atoms with Crippen molar-refractivity contribution in [2.45, 2.75) is 0 Å². The lowest BCUT2D eigenvalue weighted by Crippen LogP contribution is -1.91. The second-order valence-electron chi connectivity index (χ2n) is 25.2. The number of furan rings is 2. The zero-order chi connectivity index (χ0) is 61.5. The van der Waals surface area contributed by atoms with E-state index in [1.165, 1.54) is 120 Å². The molecular weight excluding hydrogens is 1140 g/mol. The van der Waals surface area contributed by atoms with Crippen LogP contribution in [-0.4, -0.2) is 0 Å². The number of benzene rings is 18. The first kappa shape index (κ1) is 52.4. The molecule has 2 heterocycles. The minimum Gasteiger partial charge on any atom is -0.455 e. The first-order valence-electron chi connectivity index (χ1n) is 32.4. The van der Waals surface area contributed by atoms with E-state index in [2.05, 4.69) is 328 Å². The van der Waals surface area contributed by atoms with Gasteiger partial charge in [-0.1, -0.05) is 291 Å². The molecule has 434 valence electrons. The van der Waals surface area contributed by atoms with Crippen LogP contribution in [0.25, 0.3) is 208 Å². The molecule has 0 aliphatic rings. The van der Waals surface area contributed by atoms with Crippen molar-refractivity contribution in [2.75, 3.05) is 0 Å². The molecule has 0 saturated carbocycles. The highest BCUT2D eigenvalue weighted by Gasteiger charge is 2.24. The van der Waals surface area contributed by atoms with Gasteiger partial charge in [0.05, 0.1) is 0 Å². The highest BCUT2D eigenvalue weighted by atomic mass is 16.3. The summed E-state index contributed by atoms with van der Waals surface area (Å²) in [5.41, 5.74) is 20.2. The molecule has 0 N–H and O–H groups in total. The largest absolute Gasteiger partial charge is 0.455 e. The second-order valence-corrected chi connectivity index (χ2v) is 25.2. The lowest BCUT2D eigenvalue weighted by molar-refractivity contribution is 0.672. The van der Waals surface area contributed by atoms with Crippen molar-refractivity contribution >= 4 is 130 Å². The maximum atomic E-state index is 7.19. The molecular formula is C92H54O2. The highest BCUT2D eigenvalue weighted by molar-refractivity contribution is 6.29. The van der Waals surface area contributed by atoms with Crippen molar-refractivity contribution in [2.24, 2.45) is 0 Å². The fourth-order valence-corrected chi connectivity index (χ4v) is 16.0. The molecule has 0 saturated heterocycles. The van der Waals surface area contributed by atoms with Gasteiger partial charge in [-0.25, -0.2) is 0 Å². The van der Waals surface area contributed by atoms with Gasteiger partial charge in [-0.3, -0.25) is 0 Å². The number of fused-ring (bicyclic) bond motifs is 16. The first-order chi connectivity index (χ1) is 46.6. The summed E-state index contributed by atoms with van der Waals surface area (Å²) < 4.78 is 13.9. The number of rotatable bonds is 7. The molecule has 20 rings (SSSR count). The van der Waals surface area contributed by atoms with Crippen molar-refractivity contribution in [1.29, 1.82) is 0 Å². The van der Waals surface area contributed by atoms with Gasteiger partial charge in [0.2, 0.25) is 0 Å². The van der Waals surface area contributed by atoms with Crippen LogP contribution in [0, 0.1) is 0 Å². The monoisotopic (exact) mass is 1190 g/mol. The van der Waals surface area contributed by atoms with Gasteiger partial charge in [0.15, 0.2) is 0 Å². The molecule has 0 spiro atoms. The predicted octanol–water partition coefficient (Wildman–Crippen LogP) is 26.4. The lowest BCUT2D eigenvalue weighted by atomic mass is 9.84. The average molecular weight is 1190 g/mol. The zero-order valence-electron chi connectivity index (χ0n) is 51.0. The summed E-state index contributed by atoms with van der Waals surface area (Å²) in [5, 5.41) is 23.8. The Bertz CT molecular complexity index is 6460. The van der Waals surface area contributed by atoms with E-state index in [9.17, 15) is 0 Å². The first-order valence-corrected chi connectivity index (χ1v) is 32.4. The molecule has 18 aromatic carbocycles. The summed E-state index contributed by atoms with van der Waals surface area (Å²) in [6, 6.07) is 120. The van der Waals surface area contributed by atoms with Crippen molar-refractivity contribution in [3.63, 3.8) is 0 Å². The van der Waals surface area contributed by atoms with Gasteiger partial charge in [0.25, 0.3) is 0 Å². The minimum absolute atomic E-state index is 0.885. The normalized spacial score (nSPS) is 12.0. The highest BCUT2D eigenvalue weighted by Crippen LogP contribution is 2.51. The van der Waals surface area contributed by atoms with Gasteiger partial charge in [-0.2, -0.15) is 0 Å². The quantitative estimate of drug-likeness (QED) is 0.149. The van der Waals surface area contributed by atoms with Gasteiger partial charge in [0.1, 0.15) is 22.3 Å². The van der Waals surface area contributed by atoms with E-state index in [-0.39, 0.29) is 0 Å². The van der Waals surface area contributed by atoms with E-state index in [4.69, 9.17) is 8.83 Å². The number of hydrogen-bond donors (Lipinski definition) is 0. The van der Waals surface area contributed by atoms with E-state index in [1.54, 1.807) is 0 Å². The van der Waals surface area contributed by atoms with Crippen LogP contribution in [0.5, 0.6) is 0 Å². The van der Waals surface area contributed by atoms with Gasteiger partial charge in [-0.05, 0) is 184 Å². The minimum atomic E-state index is 0.885. The summed E-state index contributed by atoms with van der Waals surface area (Å²) in [6.45, 7) is 0. The molecule has 20 aromatic rings. The summed E-state index contributed by atoms with van der Waals surface area (Å²) in [5.74, 6) is 0. The second kappa shape index (κ2) is 20.6. The molecule has 0 aliphatic heterocycles. The Morgan fingerprint density at radius 1 is 0.160 bits per heavy atom. The third kappa shape index (κ3) is 7.90. The van der Waals surface area contributed by atoms with E-state index in [0.29, 0.717) is 0 Å². The summed E-state index contributed by atoms with van der Waals surface area (Å²) in [4.78, 5) is 0. The molecule has 0 radical (unpaired) electrons. The van der Waals surface area contributed by atoms with E-state index in [1.807, 2.05) is 0 Å². The van der Waals surface area contributed by atoms with E-state index < -0.39 is 0 Å².